The van der Waals surface area contributed by atoms with Gasteiger partial charge < -0.3 is 24.4 Å². The number of carbonyl (C=O) groups excluding carboxylic acids is 1. The van der Waals surface area contributed by atoms with E-state index in [1.807, 2.05) is 0 Å². The van der Waals surface area contributed by atoms with Crippen LogP contribution >= 0.6 is 0 Å². The molecule has 0 aliphatic carbocycles. The Kier molecular flexibility index (Phi) is 4.49. The zero-order valence-electron chi connectivity index (χ0n) is 10.4. The van der Waals surface area contributed by atoms with Gasteiger partial charge in [0.15, 0.2) is 6.29 Å². The topological polar surface area (TPSA) is 85.2 Å². The maximum Gasteiger partial charge on any atom is 0.338 e. The second-order valence-corrected chi connectivity index (χ2v) is 4.22. The summed E-state index contributed by atoms with van der Waals surface area (Å²) < 4.78 is 15.0. The molecule has 1 aromatic rings. The lowest BCUT2D eigenvalue weighted by molar-refractivity contribution is -0.140. The van der Waals surface area contributed by atoms with Crippen LogP contribution in [0, 0.1) is 0 Å². The first-order valence-corrected chi connectivity index (χ1v) is 5.90. The van der Waals surface area contributed by atoms with Crippen molar-refractivity contribution in [2.75, 3.05) is 13.7 Å². The van der Waals surface area contributed by atoms with Crippen molar-refractivity contribution in [1.82, 2.24) is 0 Å². The van der Waals surface area contributed by atoms with Gasteiger partial charge in [-0.05, 0) is 12.1 Å². The van der Waals surface area contributed by atoms with Crippen LogP contribution < -0.4 is 0 Å². The van der Waals surface area contributed by atoms with Crippen molar-refractivity contribution < 1.29 is 29.2 Å². The number of aliphatic hydroxyl groups excluding tert-OH is 2. The first-order chi connectivity index (χ1) is 9.13. The molecule has 6 heteroatoms. The van der Waals surface area contributed by atoms with E-state index >= 15 is 0 Å². The molecule has 1 aliphatic rings. The van der Waals surface area contributed by atoms with Crippen molar-refractivity contribution in [1.29, 1.82) is 0 Å². The summed E-state index contributed by atoms with van der Waals surface area (Å²) in [6, 6.07) is 8.49. The van der Waals surface area contributed by atoms with E-state index in [4.69, 9.17) is 14.2 Å². The third-order valence-electron chi connectivity index (χ3n) is 2.97. The number of methoxy groups -OCH3 is 1. The van der Waals surface area contributed by atoms with E-state index in [0.717, 1.165) is 0 Å². The molecule has 1 aromatic carbocycles. The lowest BCUT2D eigenvalue weighted by Gasteiger charge is -2.16. The summed E-state index contributed by atoms with van der Waals surface area (Å²) in [6.45, 7) is -0.147. The third kappa shape index (κ3) is 3.10. The molecule has 4 atom stereocenters. The third-order valence-corrected chi connectivity index (χ3v) is 2.97. The van der Waals surface area contributed by atoms with Crippen molar-refractivity contribution >= 4 is 5.97 Å². The molecule has 0 saturated carbocycles. The Balaban J connectivity index is 1.88. The molecular weight excluding hydrogens is 252 g/mol. The van der Waals surface area contributed by atoms with E-state index in [0.29, 0.717) is 5.56 Å². The fraction of sp³-hybridized carbons (Fsp3) is 0.462. The quantitative estimate of drug-likeness (QED) is 0.744. The smallest absolute Gasteiger partial charge is 0.338 e. The maximum atomic E-state index is 11.7. The number of aliphatic hydroxyl groups is 2. The van der Waals surface area contributed by atoms with Gasteiger partial charge in [-0.25, -0.2) is 4.79 Å². The lowest BCUT2D eigenvalue weighted by Crippen LogP contribution is -2.36. The van der Waals surface area contributed by atoms with E-state index in [-0.39, 0.29) is 6.61 Å². The van der Waals surface area contributed by atoms with Crippen LogP contribution in [-0.4, -0.2) is 54.5 Å². The number of rotatable bonds is 4. The fourth-order valence-corrected chi connectivity index (χ4v) is 1.93. The van der Waals surface area contributed by atoms with Crippen LogP contribution in [0.3, 0.4) is 0 Å². The monoisotopic (exact) mass is 268 g/mol. The van der Waals surface area contributed by atoms with Gasteiger partial charge in [0.1, 0.15) is 24.9 Å². The molecule has 0 amide bonds. The zero-order valence-corrected chi connectivity index (χ0v) is 10.4. The molecule has 1 saturated heterocycles. The van der Waals surface area contributed by atoms with Crippen LogP contribution in [0.15, 0.2) is 30.3 Å². The minimum Gasteiger partial charge on any atom is -0.459 e. The summed E-state index contributed by atoms with van der Waals surface area (Å²) in [5.74, 6) is -0.508. The molecule has 1 heterocycles. The number of esters is 1. The van der Waals surface area contributed by atoms with Crippen LogP contribution in [0.25, 0.3) is 0 Å². The van der Waals surface area contributed by atoms with Gasteiger partial charge in [0.25, 0.3) is 0 Å². The fourth-order valence-electron chi connectivity index (χ4n) is 1.93. The number of hydrogen-bond donors (Lipinski definition) is 2. The van der Waals surface area contributed by atoms with E-state index in [2.05, 4.69) is 0 Å². The molecule has 0 bridgehead atoms. The maximum absolute atomic E-state index is 11.7. The minimum absolute atomic E-state index is 0.147. The summed E-state index contributed by atoms with van der Waals surface area (Å²) in [7, 11) is 1.36. The van der Waals surface area contributed by atoms with Gasteiger partial charge in [0.05, 0.1) is 5.56 Å². The van der Waals surface area contributed by atoms with Crippen LogP contribution in [-0.2, 0) is 14.2 Å². The Morgan fingerprint density at radius 1 is 1.32 bits per heavy atom. The number of benzene rings is 1. The lowest BCUT2D eigenvalue weighted by atomic mass is 10.1. The summed E-state index contributed by atoms with van der Waals surface area (Å²) in [5.41, 5.74) is 0.416. The number of hydrogen-bond acceptors (Lipinski definition) is 6. The first kappa shape index (κ1) is 14.0. The highest BCUT2D eigenvalue weighted by Crippen LogP contribution is 2.22. The standard InChI is InChI=1S/C13H16O6/c1-17-11-10(14)9(19-13(11)16)7-18-12(15)8-5-3-2-4-6-8/h2-6,9-11,13-14,16H,7H2,1H3/t9-,10+,11?,13-/m1/s1. The highest BCUT2D eigenvalue weighted by atomic mass is 16.7. The molecular formula is C13H16O6. The molecule has 1 fully saturated rings. The summed E-state index contributed by atoms with van der Waals surface area (Å²) in [6.07, 6.45) is -3.89. The minimum atomic E-state index is -1.22. The van der Waals surface area contributed by atoms with Crippen LogP contribution in [0.2, 0.25) is 0 Å². The van der Waals surface area contributed by atoms with E-state index in [1.165, 1.54) is 7.11 Å². The molecule has 104 valence electrons. The largest absolute Gasteiger partial charge is 0.459 e. The summed E-state index contributed by atoms with van der Waals surface area (Å²) in [5, 5.41) is 19.3. The van der Waals surface area contributed by atoms with Crippen LogP contribution in [0.5, 0.6) is 0 Å². The Bertz CT molecular complexity index is 420. The number of ether oxygens (including phenoxy) is 3. The normalized spacial score (nSPS) is 30.3. The molecule has 6 nitrogen and oxygen atoms in total. The molecule has 19 heavy (non-hydrogen) atoms. The van der Waals surface area contributed by atoms with E-state index in [1.54, 1.807) is 30.3 Å². The van der Waals surface area contributed by atoms with Crippen molar-refractivity contribution in [3.63, 3.8) is 0 Å². The Hall–Kier alpha value is -1.47. The van der Waals surface area contributed by atoms with Gasteiger partial charge in [-0.15, -0.1) is 0 Å². The number of carbonyl (C=O) groups is 1. The van der Waals surface area contributed by atoms with Crippen LogP contribution in [0.4, 0.5) is 0 Å². The highest BCUT2D eigenvalue weighted by molar-refractivity contribution is 5.89. The summed E-state index contributed by atoms with van der Waals surface area (Å²) >= 11 is 0. The molecule has 2 rings (SSSR count). The molecule has 0 aromatic heterocycles. The average molecular weight is 268 g/mol. The Morgan fingerprint density at radius 2 is 2.00 bits per heavy atom. The first-order valence-electron chi connectivity index (χ1n) is 5.90. The molecule has 0 radical (unpaired) electrons. The SMILES string of the molecule is COC1[C@H](O)O[C@H](COC(=O)c2ccccc2)[C@@H]1O. The predicted molar refractivity (Wildman–Crippen MR) is 64.4 cm³/mol. The molecule has 0 spiro atoms. The zero-order chi connectivity index (χ0) is 13.8. The van der Waals surface area contributed by atoms with Crippen molar-refractivity contribution in [3.05, 3.63) is 35.9 Å². The van der Waals surface area contributed by atoms with Crippen molar-refractivity contribution in [3.8, 4) is 0 Å². The Morgan fingerprint density at radius 3 is 2.58 bits per heavy atom. The van der Waals surface area contributed by atoms with Crippen molar-refractivity contribution in [2.24, 2.45) is 0 Å². The molecule has 1 aliphatic heterocycles. The van der Waals surface area contributed by atoms with Gasteiger partial charge >= 0.3 is 5.97 Å². The van der Waals surface area contributed by atoms with Gasteiger partial charge in [-0.1, -0.05) is 18.2 Å². The van der Waals surface area contributed by atoms with Crippen molar-refractivity contribution in [2.45, 2.75) is 24.6 Å². The second kappa shape index (κ2) is 6.12. The Labute approximate surface area is 110 Å². The molecule has 2 N–H and O–H groups in total. The second-order valence-electron chi connectivity index (χ2n) is 4.22. The van der Waals surface area contributed by atoms with Gasteiger partial charge in [-0.3, -0.25) is 0 Å². The van der Waals surface area contributed by atoms with Gasteiger partial charge in [0.2, 0.25) is 0 Å². The summed E-state index contributed by atoms with van der Waals surface area (Å²) in [4.78, 5) is 11.7. The van der Waals surface area contributed by atoms with Gasteiger partial charge in [-0.2, -0.15) is 0 Å². The highest BCUT2D eigenvalue weighted by Gasteiger charge is 2.43. The van der Waals surface area contributed by atoms with E-state index < -0.39 is 30.6 Å². The average Bonchev–Trinajstić information content (AvgIpc) is 2.71. The van der Waals surface area contributed by atoms with E-state index in [9.17, 15) is 15.0 Å². The van der Waals surface area contributed by atoms with Crippen LogP contribution in [0.1, 0.15) is 10.4 Å². The van der Waals surface area contributed by atoms with Gasteiger partial charge in [0, 0.05) is 7.11 Å². The predicted octanol–water partition coefficient (Wildman–Crippen LogP) is -0.0635. The molecule has 1 unspecified atom stereocenters.